The van der Waals surface area contributed by atoms with Gasteiger partial charge in [-0.25, -0.2) is 0 Å². The van der Waals surface area contributed by atoms with Crippen molar-refractivity contribution in [3.05, 3.63) is 34.9 Å². The normalized spacial score (nSPS) is 26.3. The maximum Gasteiger partial charge on any atom is 0.244 e. The molecule has 2 unspecified atom stereocenters. The minimum Gasteiger partial charge on any atom is -0.321 e. The first-order valence-corrected chi connectivity index (χ1v) is 7.74. The van der Waals surface area contributed by atoms with E-state index in [1.807, 2.05) is 43.0 Å². The molecule has 1 aliphatic heterocycles. The highest BCUT2D eigenvalue weighted by Gasteiger charge is 2.46. The van der Waals surface area contributed by atoms with Crippen LogP contribution in [0.5, 0.6) is 0 Å². The number of nitrogens with zero attached hydrogens (tertiary/aromatic N) is 1. The van der Waals surface area contributed by atoms with Gasteiger partial charge in [-0.15, -0.1) is 0 Å². The summed E-state index contributed by atoms with van der Waals surface area (Å²) in [5, 5.41) is 4.21. The summed E-state index contributed by atoms with van der Waals surface area (Å²) in [6.45, 7) is 6.98. The molecular formula is C16H23ClN2O. The van der Waals surface area contributed by atoms with E-state index in [1.54, 1.807) is 0 Å². The van der Waals surface area contributed by atoms with Crippen LogP contribution in [0.15, 0.2) is 24.3 Å². The van der Waals surface area contributed by atoms with E-state index in [0.29, 0.717) is 0 Å². The van der Waals surface area contributed by atoms with Crippen molar-refractivity contribution in [2.75, 3.05) is 6.54 Å². The van der Waals surface area contributed by atoms with Gasteiger partial charge in [0, 0.05) is 11.6 Å². The summed E-state index contributed by atoms with van der Waals surface area (Å²) in [7, 11) is 0. The fraction of sp³-hybridized carbons (Fsp3) is 0.562. The average molecular weight is 295 g/mol. The molecule has 1 heterocycles. The first kappa shape index (κ1) is 15.3. The summed E-state index contributed by atoms with van der Waals surface area (Å²) in [4.78, 5) is 14.6. The summed E-state index contributed by atoms with van der Waals surface area (Å²) < 4.78 is 0. The molecular weight excluding hydrogens is 272 g/mol. The number of amides is 1. The second-order valence-corrected chi connectivity index (χ2v) is 6.07. The Morgan fingerprint density at radius 2 is 1.95 bits per heavy atom. The standard InChI is InChI=1S/C16H23ClN2O/c1-4-6-11-19-14(12-7-9-13(17)10-8-12)18-16(3,5-2)15(19)20/h7-10,14,18H,4-6,11H2,1-3H3. The van der Waals surface area contributed by atoms with Gasteiger partial charge >= 0.3 is 0 Å². The summed E-state index contributed by atoms with van der Waals surface area (Å²) in [6.07, 6.45) is 2.85. The number of carbonyl (C=O) groups excluding carboxylic acids is 1. The zero-order valence-corrected chi connectivity index (χ0v) is 13.2. The van der Waals surface area contributed by atoms with Gasteiger partial charge in [-0.3, -0.25) is 10.1 Å². The average Bonchev–Trinajstić information content (AvgIpc) is 2.71. The maximum atomic E-state index is 12.7. The second kappa shape index (κ2) is 6.15. The van der Waals surface area contributed by atoms with E-state index in [9.17, 15) is 4.79 Å². The van der Waals surface area contributed by atoms with Crippen molar-refractivity contribution in [1.29, 1.82) is 0 Å². The molecule has 4 heteroatoms. The van der Waals surface area contributed by atoms with Gasteiger partial charge in [0.15, 0.2) is 0 Å². The Morgan fingerprint density at radius 3 is 2.50 bits per heavy atom. The smallest absolute Gasteiger partial charge is 0.244 e. The van der Waals surface area contributed by atoms with Crippen molar-refractivity contribution in [3.63, 3.8) is 0 Å². The van der Waals surface area contributed by atoms with Crippen LogP contribution >= 0.6 is 11.6 Å². The number of hydrogen-bond donors (Lipinski definition) is 1. The van der Waals surface area contributed by atoms with Gasteiger partial charge in [-0.1, -0.05) is 44.0 Å². The van der Waals surface area contributed by atoms with Crippen molar-refractivity contribution in [1.82, 2.24) is 10.2 Å². The van der Waals surface area contributed by atoms with Crippen molar-refractivity contribution < 1.29 is 4.79 Å². The van der Waals surface area contributed by atoms with Crippen LogP contribution in [-0.2, 0) is 4.79 Å². The van der Waals surface area contributed by atoms with Gasteiger partial charge in [0.1, 0.15) is 6.17 Å². The third-order valence-corrected chi connectivity index (χ3v) is 4.40. The molecule has 1 aromatic carbocycles. The van der Waals surface area contributed by atoms with Gasteiger partial charge in [0.2, 0.25) is 5.91 Å². The van der Waals surface area contributed by atoms with Crippen LogP contribution in [0.2, 0.25) is 5.02 Å². The van der Waals surface area contributed by atoms with Gasteiger partial charge in [-0.05, 0) is 37.5 Å². The molecule has 2 rings (SSSR count). The molecule has 2 atom stereocenters. The number of rotatable bonds is 5. The van der Waals surface area contributed by atoms with Crippen LogP contribution in [0.3, 0.4) is 0 Å². The number of nitrogens with one attached hydrogen (secondary N) is 1. The van der Waals surface area contributed by atoms with Crippen LogP contribution in [-0.4, -0.2) is 22.9 Å². The molecule has 0 bridgehead atoms. The number of carbonyl (C=O) groups is 1. The van der Waals surface area contributed by atoms with E-state index < -0.39 is 5.54 Å². The van der Waals surface area contributed by atoms with E-state index in [2.05, 4.69) is 12.2 Å². The van der Waals surface area contributed by atoms with Crippen LogP contribution in [0.4, 0.5) is 0 Å². The molecule has 1 N–H and O–H groups in total. The number of unbranched alkanes of at least 4 members (excludes halogenated alkanes) is 1. The van der Waals surface area contributed by atoms with E-state index in [4.69, 9.17) is 11.6 Å². The zero-order chi connectivity index (χ0) is 14.8. The molecule has 1 aliphatic rings. The largest absolute Gasteiger partial charge is 0.321 e. The predicted molar refractivity (Wildman–Crippen MR) is 82.6 cm³/mol. The topological polar surface area (TPSA) is 32.3 Å². The molecule has 0 spiro atoms. The monoisotopic (exact) mass is 294 g/mol. The third kappa shape index (κ3) is 2.84. The molecule has 1 amide bonds. The highest BCUT2D eigenvalue weighted by Crippen LogP contribution is 2.33. The summed E-state index contributed by atoms with van der Waals surface area (Å²) in [5.41, 5.74) is 0.633. The lowest BCUT2D eigenvalue weighted by Gasteiger charge is -2.24. The molecule has 1 aromatic rings. The summed E-state index contributed by atoms with van der Waals surface area (Å²) >= 11 is 5.95. The van der Waals surface area contributed by atoms with E-state index >= 15 is 0 Å². The van der Waals surface area contributed by atoms with Crippen molar-refractivity contribution in [2.45, 2.75) is 51.7 Å². The summed E-state index contributed by atoms with van der Waals surface area (Å²) in [6, 6.07) is 7.74. The molecule has 0 saturated carbocycles. The van der Waals surface area contributed by atoms with E-state index in [0.717, 1.165) is 36.4 Å². The quantitative estimate of drug-likeness (QED) is 0.897. The minimum absolute atomic E-state index is 0.0451. The Bertz CT molecular complexity index is 474. The Morgan fingerprint density at radius 1 is 1.30 bits per heavy atom. The number of halogens is 1. The van der Waals surface area contributed by atoms with E-state index in [-0.39, 0.29) is 12.1 Å². The third-order valence-electron chi connectivity index (χ3n) is 4.15. The van der Waals surface area contributed by atoms with Crippen molar-refractivity contribution >= 4 is 17.5 Å². The van der Waals surface area contributed by atoms with Gasteiger partial charge in [0.25, 0.3) is 0 Å². The van der Waals surface area contributed by atoms with Gasteiger partial charge in [-0.2, -0.15) is 0 Å². The molecule has 0 aliphatic carbocycles. The lowest BCUT2D eigenvalue weighted by Crippen LogP contribution is -2.43. The van der Waals surface area contributed by atoms with Crippen LogP contribution in [0.1, 0.15) is 51.8 Å². The van der Waals surface area contributed by atoms with Crippen LogP contribution in [0.25, 0.3) is 0 Å². The molecule has 3 nitrogen and oxygen atoms in total. The number of benzene rings is 1. The second-order valence-electron chi connectivity index (χ2n) is 5.64. The highest BCUT2D eigenvalue weighted by atomic mass is 35.5. The molecule has 0 radical (unpaired) electrons. The molecule has 1 saturated heterocycles. The SMILES string of the molecule is CCCCN1C(=O)C(C)(CC)NC1c1ccc(Cl)cc1. The molecule has 0 aromatic heterocycles. The summed E-state index contributed by atoms with van der Waals surface area (Å²) in [5.74, 6) is 0.202. The van der Waals surface area contributed by atoms with Gasteiger partial charge in [0.05, 0.1) is 5.54 Å². The fourth-order valence-corrected chi connectivity index (χ4v) is 2.72. The van der Waals surface area contributed by atoms with Gasteiger partial charge < -0.3 is 4.90 Å². The minimum atomic E-state index is -0.460. The first-order valence-electron chi connectivity index (χ1n) is 7.36. The Labute approximate surface area is 126 Å². The molecule has 110 valence electrons. The molecule has 20 heavy (non-hydrogen) atoms. The van der Waals surface area contributed by atoms with Crippen LogP contribution in [0, 0.1) is 0 Å². The molecule has 1 fully saturated rings. The highest BCUT2D eigenvalue weighted by molar-refractivity contribution is 6.30. The Kier molecular flexibility index (Phi) is 4.71. The first-order chi connectivity index (χ1) is 9.51. The van der Waals surface area contributed by atoms with E-state index in [1.165, 1.54) is 0 Å². The lowest BCUT2D eigenvalue weighted by molar-refractivity contribution is -0.133. The van der Waals surface area contributed by atoms with Crippen LogP contribution < -0.4 is 5.32 Å². The Balaban J connectivity index is 2.28. The Hall–Kier alpha value is -1.06. The number of hydrogen-bond acceptors (Lipinski definition) is 2. The van der Waals surface area contributed by atoms with Crippen molar-refractivity contribution in [3.8, 4) is 0 Å². The van der Waals surface area contributed by atoms with Crippen molar-refractivity contribution in [2.24, 2.45) is 0 Å². The zero-order valence-electron chi connectivity index (χ0n) is 12.4. The lowest BCUT2D eigenvalue weighted by atomic mass is 9.99. The fourth-order valence-electron chi connectivity index (χ4n) is 2.60. The maximum absolute atomic E-state index is 12.7. The predicted octanol–water partition coefficient (Wildman–Crippen LogP) is 3.74.